The lowest BCUT2D eigenvalue weighted by Gasteiger charge is -2.35. The second kappa shape index (κ2) is 6.01. The lowest BCUT2D eigenvalue weighted by atomic mass is 10.3. The fraction of sp³-hybridized carbons (Fsp3) is 0.750. The highest BCUT2D eigenvalue weighted by Crippen LogP contribution is 2.08. The minimum Gasteiger partial charge on any atom is -0.338 e. The molecule has 0 aliphatic carbocycles. The van der Waals surface area contributed by atoms with Crippen molar-refractivity contribution in [2.45, 2.75) is 19.9 Å². The van der Waals surface area contributed by atoms with Gasteiger partial charge in [0.05, 0.1) is 6.54 Å². The fourth-order valence-electron chi connectivity index (χ4n) is 2.07. The summed E-state index contributed by atoms with van der Waals surface area (Å²) in [7, 11) is 3.55. The smallest absolute Gasteiger partial charge is 0.319 e. The average Bonchev–Trinajstić information content (AvgIpc) is 2.86. The van der Waals surface area contributed by atoms with Crippen LogP contribution in [0.25, 0.3) is 0 Å². The van der Waals surface area contributed by atoms with Gasteiger partial charge in [-0.1, -0.05) is 12.1 Å². The first-order valence-corrected chi connectivity index (χ1v) is 6.60. The molecule has 0 spiro atoms. The molecule has 106 valence electrons. The Morgan fingerprint density at radius 1 is 1.32 bits per heavy atom. The topological polar surface area (TPSA) is 65.7 Å². The van der Waals surface area contributed by atoms with E-state index in [1.54, 1.807) is 19.0 Å². The Hall–Kier alpha value is -1.63. The molecule has 1 aromatic rings. The quantitative estimate of drug-likeness (QED) is 0.794. The highest BCUT2D eigenvalue weighted by Gasteiger charge is 2.23. The number of piperazine rings is 1. The first kappa shape index (κ1) is 13.8. The second-order valence-electron chi connectivity index (χ2n) is 4.90. The van der Waals surface area contributed by atoms with Crippen molar-refractivity contribution in [1.82, 2.24) is 24.8 Å². The summed E-state index contributed by atoms with van der Waals surface area (Å²) in [6.07, 6.45) is 0.786. The third-order valence-electron chi connectivity index (χ3n) is 3.21. The number of carbonyl (C=O) groups is 1. The fourth-order valence-corrected chi connectivity index (χ4v) is 2.07. The van der Waals surface area contributed by atoms with Gasteiger partial charge in [0, 0.05) is 46.7 Å². The number of carbonyl (C=O) groups excluding carboxylic acids is 1. The van der Waals surface area contributed by atoms with Crippen LogP contribution in [0.3, 0.4) is 0 Å². The number of hydrogen-bond acceptors (Lipinski definition) is 5. The summed E-state index contributed by atoms with van der Waals surface area (Å²) >= 11 is 0. The first-order valence-electron chi connectivity index (χ1n) is 6.60. The summed E-state index contributed by atoms with van der Waals surface area (Å²) in [5.41, 5.74) is 0. The van der Waals surface area contributed by atoms with Crippen LogP contribution in [0.15, 0.2) is 4.52 Å². The zero-order valence-corrected chi connectivity index (χ0v) is 11.8. The van der Waals surface area contributed by atoms with Gasteiger partial charge in [-0.15, -0.1) is 0 Å². The van der Waals surface area contributed by atoms with E-state index >= 15 is 0 Å². The number of amides is 2. The van der Waals surface area contributed by atoms with E-state index in [1.807, 2.05) is 11.8 Å². The number of aromatic nitrogens is 2. The molecule has 0 aromatic carbocycles. The molecule has 7 heteroatoms. The summed E-state index contributed by atoms with van der Waals surface area (Å²) in [6.45, 7) is 5.82. The SMILES string of the molecule is CCc1noc(CN2CCN(C(=O)N(C)C)CC2)n1. The Labute approximate surface area is 113 Å². The van der Waals surface area contributed by atoms with Gasteiger partial charge in [-0.25, -0.2) is 4.79 Å². The molecule has 0 saturated carbocycles. The van der Waals surface area contributed by atoms with Gasteiger partial charge >= 0.3 is 6.03 Å². The molecule has 0 radical (unpaired) electrons. The van der Waals surface area contributed by atoms with Crippen molar-refractivity contribution in [2.24, 2.45) is 0 Å². The maximum atomic E-state index is 11.8. The zero-order valence-electron chi connectivity index (χ0n) is 11.8. The molecule has 2 amide bonds. The number of aryl methyl sites for hydroxylation is 1. The van der Waals surface area contributed by atoms with Gasteiger partial charge in [-0.3, -0.25) is 4.90 Å². The molecule has 0 N–H and O–H groups in total. The van der Waals surface area contributed by atoms with Crippen LogP contribution < -0.4 is 0 Å². The molecule has 2 heterocycles. The molecule has 2 rings (SSSR count). The summed E-state index contributed by atoms with van der Waals surface area (Å²) in [6, 6.07) is 0.0747. The lowest BCUT2D eigenvalue weighted by molar-refractivity contribution is 0.113. The van der Waals surface area contributed by atoms with Crippen LogP contribution in [-0.4, -0.2) is 71.1 Å². The van der Waals surface area contributed by atoms with Crippen LogP contribution >= 0.6 is 0 Å². The minimum absolute atomic E-state index is 0.0747. The molecule has 1 aliphatic heterocycles. The van der Waals surface area contributed by atoms with E-state index in [1.165, 1.54) is 0 Å². The number of rotatable bonds is 3. The standard InChI is InChI=1S/C12H21N5O2/c1-4-10-13-11(19-14-10)9-16-5-7-17(8-6-16)12(18)15(2)3/h4-9H2,1-3H3. The van der Waals surface area contributed by atoms with E-state index in [4.69, 9.17) is 4.52 Å². The predicted molar refractivity (Wildman–Crippen MR) is 69.6 cm³/mol. The van der Waals surface area contributed by atoms with E-state index in [9.17, 15) is 4.79 Å². The van der Waals surface area contributed by atoms with Crippen LogP contribution in [0, 0.1) is 0 Å². The predicted octanol–water partition coefficient (Wildman–Crippen LogP) is 0.431. The van der Waals surface area contributed by atoms with Crippen LogP contribution in [0.1, 0.15) is 18.6 Å². The number of nitrogens with zero attached hydrogens (tertiary/aromatic N) is 5. The molecule has 7 nitrogen and oxygen atoms in total. The van der Waals surface area contributed by atoms with Gasteiger partial charge in [0.2, 0.25) is 5.89 Å². The van der Waals surface area contributed by atoms with Crippen molar-refractivity contribution in [3.05, 3.63) is 11.7 Å². The largest absolute Gasteiger partial charge is 0.338 e. The molecule has 1 saturated heterocycles. The molecule has 1 aromatic heterocycles. The Kier molecular flexibility index (Phi) is 4.36. The monoisotopic (exact) mass is 267 g/mol. The molecule has 1 aliphatic rings. The lowest BCUT2D eigenvalue weighted by Crippen LogP contribution is -2.51. The van der Waals surface area contributed by atoms with Crippen molar-refractivity contribution in [3.63, 3.8) is 0 Å². The first-order chi connectivity index (χ1) is 9.10. The molecular weight excluding hydrogens is 246 g/mol. The highest BCUT2D eigenvalue weighted by atomic mass is 16.5. The van der Waals surface area contributed by atoms with Gasteiger partial charge in [0.15, 0.2) is 5.82 Å². The Bertz CT molecular complexity index is 424. The van der Waals surface area contributed by atoms with E-state index in [0.29, 0.717) is 12.4 Å². The molecule has 19 heavy (non-hydrogen) atoms. The number of urea groups is 1. The maximum absolute atomic E-state index is 11.8. The Morgan fingerprint density at radius 2 is 2.00 bits per heavy atom. The Morgan fingerprint density at radius 3 is 2.53 bits per heavy atom. The molecule has 1 fully saturated rings. The molecule has 0 atom stereocenters. The average molecular weight is 267 g/mol. The minimum atomic E-state index is 0.0747. The van der Waals surface area contributed by atoms with Crippen molar-refractivity contribution >= 4 is 6.03 Å². The van der Waals surface area contributed by atoms with E-state index in [-0.39, 0.29) is 6.03 Å². The van der Waals surface area contributed by atoms with Crippen LogP contribution in [0.2, 0.25) is 0 Å². The van der Waals surface area contributed by atoms with E-state index < -0.39 is 0 Å². The molecular formula is C12H21N5O2. The molecule has 0 bridgehead atoms. The highest BCUT2D eigenvalue weighted by molar-refractivity contribution is 5.73. The summed E-state index contributed by atoms with van der Waals surface area (Å²) in [5.74, 6) is 1.40. The summed E-state index contributed by atoms with van der Waals surface area (Å²) in [4.78, 5) is 21.8. The summed E-state index contributed by atoms with van der Waals surface area (Å²) < 4.78 is 5.18. The normalized spacial score (nSPS) is 16.7. The van der Waals surface area contributed by atoms with E-state index in [0.717, 1.165) is 38.4 Å². The van der Waals surface area contributed by atoms with Crippen molar-refractivity contribution < 1.29 is 9.32 Å². The third kappa shape index (κ3) is 3.44. The van der Waals surface area contributed by atoms with Crippen LogP contribution in [0.5, 0.6) is 0 Å². The van der Waals surface area contributed by atoms with E-state index in [2.05, 4.69) is 15.0 Å². The summed E-state index contributed by atoms with van der Waals surface area (Å²) in [5, 5.41) is 3.88. The van der Waals surface area contributed by atoms with Crippen LogP contribution in [0.4, 0.5) is 4.79 Å². The van der Waals surface area contributed by atoms with Crippen molar-refractivity contribution in [1.29, 1.82) is 0 Å². The van der Waals surface area contributed by atoms with Crippen LogP contribution in [-0.2, 0) is 13.0 Å². The van der Waals surface area contributed by atoms with Gasteiger partial charge in [-0.05, 0) is 0 Å². The van der Waals surface area contributed by atoms with Gasteiger partial charge in [0.1, 0.15) is 0 Å². The Balaban J connectivity index is 1.81. The van der Waals surface area contributed by atoms with Crippen molar-refractivity contribution in [2.75, 3.05) is 40.3 Å². The third-order valence-corrected chi connectivity index (χ3v) is 3.21. The number of hydrogen-bond donors (Lipinski definition) is 0. The van der Waals surface area contributed by atoms with Gasteiger partial charge in [0.25, 0.3) is 0 Å². The van der Waals surface area contributed by atoms with Gasteiger partial charge in [-0.2, -0.15) is 4.98 Å². The molecule has 0 unspecified atom stereocenters. The zero-order chi connectivity index (χ0) is 13.8. The maximum Gasteiger partial charge on any atom is 0.319 e. The van der Waals surface area contributed by atoms with Gasteiger partial charge < -0.3 is 14.3 Å². The second-order valence-corrected chi connectivity index (χ2v) is 4.90. The van der Waals surface area contributed by atoms with Crippen molar-refractivity contribution in [3.8, 4) is 0 Å².